The Labute approximate surface area is 314 Å². The van der Waals surface area contributed by atoms with E-state index in [9.17, 15) is 0 Å². The van der Waals surface area contributed by atoms with Gasteiger partial charge in [-0.05, 0) is 50.9 Å². The minimum absolute atomic E-state index is 0.0268. The van der Waals surface area contributed by atoms with Crippen molar-refractivity contribution in [3.63, 3.8) is 0 Å². The molecule has 1 unspecified atom stereocenters. The van der Waals surface area contributed by atoms with Crippen molar-refractivity contribution in [3.8, 4) is 0 Å². The zero-order valence-electron chi connectivity index (χ0n) is 30.3. The summed E-state index contributed by atoms with van der Waals surface area (Å²) in [6, 6.07) is 10.0. The maximum absolute atomic E-state index is 16.8. The number of imidazole rings is 2. The number of benzene rings is 3. The number of anilines is 2. The molecular formula is C40H42F4N11+. The third-order valence-electron chi connectivity index (χ3n) is 12.2. The third-order valence-corrected chi connectivity index (χ3v) is 12.2. The van der Waals surface area contributed by atoms with E-state index >= 15 is 17.6 Å². The molecule has 0 bridgehead atoms. The summed E-state index contributed by atoms with van der Waals surface area (Å²) in [5.41, 5.74) is 2.85. The summed E-state index contributed by atoms with van der Waals surface area (Å²) >= 11 is 0. The van der Waals surface area contributed by atoms with Crippen LogP contribution < -0.4 is 24.9 Å². The number of fused-ring (bicyclic) bond motifs is 2. The Balaban J connectivity index is 1.08. The molecular weight excluding hydrogens is 711 g/mol. The van der Waals surface area contributed by atoms with Gasteiger partial charge in [0, 0.05) is 87.3 Å². The molecule has 11 nitrogen and oxygen atoms in total. The molecule has 4 aliphatic heterocycles. The summed E-state index contributed by atoms with van der Waals surface area (Å²) in [7, 11) is 0. The summed E-state index contributed by atoms with van der Waals surface area (Å²) in [4.78, 5) is 28.5. The fourth-order valence-corrected chi connectivity index (χ4v) is 9.54. The van der Waals surface area contributed by atoms with Crippen molar-refractivity contribution in [2.45, 2.75) is 56.7 Å². The van der Waals surface area contributed by atoms with Crippen LogP contribution in [0.25, 0.3) is 22.1 Å². The van der Waals surface area contributed by atoms with E-state index in [-0.39, 0.29) is 33.6 Å². The maximum Gasteiger partial charge on any atom is 0.225 e. The molecule has 4 fully saturated rings. The summed E-state index contributed by atoms with van der Waals surface area (Å²) < 4.78 is 66.3. The second-order valence-corrected chi connectivity index (χ2v) is 15.3. The van der Waals surface area contributed by atoms with Crippen LogP contribution in [0.3, 0.4) is 0 Å². The quantitative estimate of drug-likeness (QED) is 0.101. The van der Waals surface area contributed by atoms with Gasteiger partial charge in [-0.1, -0.05) is 0 Å². The third kappa shape index (κ3) is 5.82. The molecule has 10 rings (SSSR count). The molecule has 4 saturated heterocycles. The first kappa shape index (κ1) is 34.4. The van der Waals surface area contributed by atoms with E-state index in [2.05, 4.69) is 30.6 Å². The van der Waals surface area contributed by atoms with E-state index < -0.39 is 29.3 Å². The van der Waals surface area contributed by atoms with Crippen LogP contribution in [0, 0.1) is 23.3 Å². The molecule has 284 valence electrons. The number of nitrogens with zero attached hydrogens (tertiary/aromatic N) is 7. The SMILES string of the molecule is Fc1cc2nc(C3CCCN3)[nH]c2cc1[C@@H]1CCC[N@+]1(c1cc(F)c(N2CCN(c3ncccn3)CC2)c(F)c1)c1cc2[nH]c([C@@H]3CCCN3)nc2cc1F. The standard InChI is InChI=1S/C40H42F4N11/c41-25-20-32-31(49-38(50-32)29-5-1-8-45-29)19-24(25)35-7-3-16-55(35,36-22-34-33(21-26(36)42)51-39(52-34)30-6-2-9-46-30)23-17-27(43)37(28(44)18-23)53-12-14-54(15-13-53)40-47-10-4-11-48-40/h4,10-11,17-22,29-30,35,45-46H,1-3,5-9,12-16H2,(H,49,50)(H,51,52)/q+1/t29?,30-,35-,55+/m0/s1. The van der Waals surface area contributed by atoms with E-state index in [0.717, 1.165) is 50.4 Å². The largest absolute Gasteiger partial charge is 0.363 e. The number of hydrogen-bond donors (Lipinski definition) is 4. The van der Waals surface area contributed by atoms with Gasteiger partial charge in [0.25, 0.3) is 0 Å². The lowest BCUT2D eigenvalue weighted by Gasteiger charge is -2.40. The molecule has 3 aromatic heterocycles. The Bertz CT molecular complexity index is 2360. The molecule has 0 amide bonds. The van der Waals surface area contributed by atoms with E-state index in [4.69, 9.17) is 9.97 Å². The van der Waals surface area contributed by atoms with Crippen LogP contribution in [0.5, 0.6) is 0 Å². The molecule has 0 aliphatic carbocycles. The highest BCUT2D eigenvalue weighted by molar-refractivity contribution is 5.82. The molecule has 55 heavy (non-hydrogen) atoms. The number of hydrogen-bond acceptors (Lipinski definition) is 8. The van der Waals surface area contributed by atoms with Crippen LogP contribution >= 0.6 is 0 Å². The van der Waals surface area contributed by atoms with Crippen molar-refractivity contribution in [1.29, 1.82) is 0 Å². The topological polar surface area (TPSA) is 114 Å². The van der Waals surface area contributed by atoms with E-state index in [0.29, 0.717) is 79.1 Å². The molecule has 6 aromatic rings. The first-order valence-corrected chi connectivity index (χ1v) is 19.4. The van der Waals surface area contributed by atoms with E-state index in [1.54, 1.807) is 35.5 Å². The van der Waals surface area contributed by atoms with Crippen molar-refractivity contribution < 1.29 is 17.6 Å². The van der Waals surface area contributed by atoms with Gasteiger partial charge in [0.1, 0.15) is 34.9 Å². The number of quaternary nitrogens is 1. The molecule has 15 heteroatoms. The van der Waals surface area contributed by atoms with Gasteiger partial charge in [0.05, 0.1) is 40.7 Å². The molecule has 7 heterocycles. The number of aromatic amines is 2. The van der Waals surface area contributed by atoms with Crippen molar-refractivity contribution in [1.82, 2.24) is 45.0 Å². The predicted octanol–water partition coefficient (Wildman–Crippen LogP) is 7.14. The zero-order valence-corrected chi connectivity index (χ0v) is 30.3. The van der Waals surface area contributed by atoms with Gasteiger partial charge in [-0.3, -0.25) is 0 Å². The molecule has 0 radical (unpaired) electrons. The highest BCUT2D eigenvalue weighted by Crippen LogP contribution is 2.53. The second kappa shape index (κ2) is 13.6. The molecule has 3 aromatic carbocycles. The average molecular weight is 753 g/mol. The Hall–Kier alpha value is -5.12. The van der Waals surface area contributed by atoms with Crippen LogP contribution in [0.2, 0.25) is 0 Å². The van der Waals surface area contributed by atoms with Gasteiger partial charge in [-0.25, -0.2) is 42.0 Å². The lowest BCUT2D eigenvalue weighted by molar-refractivity contribution is 0.340. The second-order valence-electron chi connectivity index (χ2n) is 15.3. The number of H-pyrrole nitrogens is 2. The van der Waals surface area contributed by atoms with Gasteiger partial charge in [-0.2, -0.15) is 0 Å². The van der Waals surface area contributed by atoms with Gasteiger partial charge in [0.15, 0.2) is 23.1 Å². The molecule has 4 atom stereocenters. The van der Waals surface area contributed by atoms with Gasteiger partial charge >= 0.3 is 0 Å². The number of nitrogens with one attached hydrogen (secondary N) is 4. The van der Waals surface area contributed by atoms with Crippen LogP contribution in [0.4, 0.5) is 40.6 Å². The van der Waals surface area contributed by atoms with Crippen LogP contribution in [-0.2, 0) is 0 Å². The smallest absolute Gasteiger partial charge is 0.225 e. The van der Waals surface area contributed by atoms with Crippen LogP contribution in [0.1, 0.15) is 73.9 Å². The Morgan fingerprint density at radius 1 is 0.636 bits per heavy atom. The maximum atomic E-state index is 16.8. The average Bonchev–Trinajstić information content (AvgIpc) is 4.04. The summed E-state index contributed by atoms with van der Waals surface area (Å²) in [5.74, 6) is -0.529. The first-order chi connectivity index (χ1) is 26.9. The molecule has 4 N–H and O–H groups in total. The predicted molar refractivity (Wildman–Crippen MR) is 203 cm³/mol. The van der Waals surface area contributed by atoms with Crippen molar-refractivity contribution >= 4 is 45.1 Å². The Morgan fingerprint density at radius 2 is 1.24 bits per heavy atom. The minimum atomic E-state index is -0.752. The molecule has 0 saturated carbocycles. The van der Waals surface area contributed by atoms with Crippen molar-refractivity contribution in [2.24, 2.45) is 0 Å². The number of piperazine rings is 1. The van der Waals surface area contributed by atoms with Gasteiger partial charge in [0.2, 0.25) is 5.95 Å². The van der Waals surface area contributed by atoms with Crippen LogP contribution in [0.15, 0.2) is 54.9 Å². The van der Waals surface area contributed by atoms with Gasteiger partial charge < -0.3 is 30.4 Å². The van der Waals surface area contributed by atoms with Crippen LogP contribution in [-0.4, -0.2) is 75.7 Å². The fraction of sp³-hybridized carbons (Fsp3) is 0.400. The van der Waals surface area contributed by atoms with E-state index in [1.807, 2.05) is 4.90 Å². The molecule has 0 spiro atoms. The number of aromatic nitrogens is 6. The molecule has 4 aliphatic rings. The number of halogens is 4. The lowest BCUT2D eigenvalue weighted by Crippen LogP contribution is -2.48. The van der Waals surface area contributed by atoms with Gasteiger partial charge in [-0.15, -0.1) is 0 Å². The Kier molecular flexibility index (Phi) is 8.48. The minimum Gasteiger partial charge on any atom is -0.363 e. The highest BCUT2D eigenvalue weighted by atomic mass is 19.1. The number of rotatable bonds is 7. The highest BCUT2D eigenvalue weighted by Gasteiger charge is 2.50. The normalized spacial score (nSPS) is 24.5. The van der Waals surface area contributed by atoms with Crippen molar-refractivity contribution in [2.75, 3.05) is 55.6 Å². The Morgan fingerprint density at radius 3 is 1.85 bits per heavy atom. The first-order valence-electron chi connectivity index (χ1n) is 19.4. The fourth-order valence-electron chi connectivity index (χ4n) is 9.54. The summed E-state index contributed by atoms with van der Waals surface area (Å²) in [5, 5.41) is 6.87. The summed E-state index contributed by atoms with van der Waals surface area (Å²) in [6.45, 7) is 3.72. The van der Waals surface area contributed by atoms with E-state index in [1.165, 1.54) is 24.3 Å². The van der Waals surface area contributed by atoms with Crippen molar-refractivity contribution in [3.05, 3.63) is 95.3 Å². The lowest BCUT2D eigenvalue weighted by atomic mass is 9.98. The summed E-state index contributed by atoms with van der Waals surface area (Å²) in [6.07, 6.45) is 8.23. The zero-order chi connectivity index (χ0) is 37.3. The monoisotopic (exact) mass is 752 g/mol.